The molecule has 88 valence electrons. The maximum Gasteiger partial charge on any atom is 0.456 e. The highest BCUT2D eigenvalue weighted by atomic mass is 19.4. The second-order valence-corrected chi connectivity index (χ2v) is 3.69. The molecule has 1 aromatic heterocycles. The van der Waals surface area contributed by atoms with Crippen LogP contribution in [-0.4, -0.2) is 21.5 Å². The highest BCUT2D eigenvalue weighted by Crippen LogP contribution is 2.24. The van der Waals surface area contributed by atoms with Gasteiger partial charge in [-0.15, -0.1) is 0 Å². The number of halogens is 3. The summed E-state index contributed by atoms with van der Waals surface area (Å²) in [5.41, 5.74) is -1.06. The number of hydrogen-bond acceptors (Lipinski definition) is 2. The van der Waals surface area contributed by atoms with Crippen LogP contribution in [0.1, 0.15) is 29.0 Å². The fraction of sp³-hybridized carbons (Fsp3) is 0.556. The van der Waals surface area contributed by atoms with Gasteiger partial charge in [0.05, 0.1) is 5.69 Å². The second-order valence-electron chi connectivity index (χ2n) is 3.69. The number of carbonyl (C=O) groups is 1. The number of aromatic amines is 1. The number of nitrogens with zero attached hydrogens (tertiary/aromatic N) is 1. The summed E-state index contributed by atoms with van der Waals surface area (Å²) in [6, 6.07) is 0. The summed E-state index contributed by atoms with van der Waals surface area (Å²) in [7, 11) is 0. The van der Waals surface area contributed by atoms with Gasteiger partial charge in [0.15, 0.2) is 0 Å². The van der Waals surface area contributed by atoms with Crippen molar-refractivity contribution in [3.8, 4) is 0 Å². The summed E-state index contributed by atoms with van der Waals surface area (Å²) in [4.78, 5) is 24.3. The molecule has 0 amide bonds. The van der Waals surface area contributed by atoms with Gasteiger partial charge < -0.3 is 4.98 Å². The Balaban J connectivity index is 2.51. The molecule has 0 bridgehead atoms. The van der Waals surface area contributed by atoms with Crippen LogP contribution < -0.4 is 5.69 Å². The fourth-order valence-electron chi connectivity index (χ4n) is 1.89. The average Bonchev–Trinajstić information content (AvgIpc) is 2.55. The van der Waals surface area contributed by atoms with E-state index in [0.717, 1.165) is 6.42 Å². The Morgan fingerprint density at radius 2 is 2.00 bits per heavy atom. The molecule has 0 radical (unpaired) electrons. The number of fused-ring (bicyclic) bond motifs is 1. The highest BCUT2D eigenvalue weighted by molar-refractivity contribution is 5.99. The Hall–Kier alpha value is -1.53. The number of ketones is 1. The van der Waals surface area contributed by atoms with E-state index >= 15 is 0 Å². The SMILES string of the molecule is O=C(c1[nH]c(=O)n2c1CCCC2)C(F)(F)F. The predicted molar refractivity (Wildman–Crippen MR) is 48.4 cm³/mol. The molecule has 0 aliphatic carbocycles. The average molecular weight is 234 g/mol. The van der Waals surface area contributed by atoms with E-state index < -0.39 is 23.3 Å². The lowest BCUT2D eigenvalue weighted by Crippen LogP contribution is -2.25. The van der Waals surface area contributed by atoms with Gasteiger partial charge in [0.1, 0.15) is 5.69 Å². The second kappa shape index (κ2) is 3.50. The smallest absolute Gasteiger partial charge is 0.303 e. The molecule has 1 aromatic rings. The van der Waals surface area contributed by atoms with Crippen LogP contribution in [-0.2, 0) is 13.0 Å². The normalized spacial score (nSPS) is 15.9. The zero-order valence-corrected chi connectivity index (χ0v) is 8.23. The van der Waals surface area contributed by atoms with Crippen LogP contribution in [0.3, 0.4) is 0 Å². The molecule has 2 heterocycles. The van der Waals surface area contributed by atoms with E-state index in [2.05, 4.69) is 0 Å². The van der Waals surface area contributed by atoms with Crippen LogP contribution >= 0.6 is 0 Å². The summed E-state index contributed by atoms with van der Waals surface area (Å²) >= 11 is 0. The van der Waals surface area contributed by atoms with Crippen LogP contribution in [0.5, 0.6) is 0 Å². The van der Waals surface area contributed by atoms with Gasteiger partial charge in [-0.05, 0) is 19.3 Å². The molecule has 0 atom stereocenters. The third kappa shape index (κ3) is 1.66. The van der Waals surface area contributed by atoms with Crippen LogP contribution in [0.15, 0.2) is 4.79 Å². The summed E-state index contributed by atoms with van der Waals surface area (Å²) in [6.45, 7) is 0.371. The first-order valence-electron chi connectivity index (χ1n) is 4.84. The van der Waals surface area contributed by atoms with Crippen molar-refractivity contribution >= 4 is 5.78 Å². The van der Waals surface area contributed by atoms with E-state index in [9.17, 15) is 22.8 Å². The highest BCUT2D eigenvalue weighted by Gasteiger charge is 2.42. The molecule has 0 aromatic carbocycles. The van der Waals surface area contributed by atoms with Crippen molar-refractivity contribution in [2.75, 3.05) is 0 Å². The zero-order chi connectivity index (χ0) is 11.9. The summed E-state index contributed by atoms with van der Waals surface area (Å²) in [6.07, 6.45) is -3.18. The molecule has 0 saturated carbocycles. The first kappa shape index (κ1) is 11.0. The molecular weight excluding hydrogens is 225 g/mol. The summed E-state index contributed by atoms with van der Waals surface area (Å²) < 4.78 is 37.9. The Morgan fingerprint density at radius 3 is 2.62 bits per heavy atom. The number of nitrogens with one attached hydrogen (secondary N) is 1. The van der Waals surface area contributed by atoms with Gasteiger partial charge in [-0.25, -0.2) is 4.79 Å². The van der Waals surface area contributed by atoms with E-state index in [0.29, 0.717) is 19.4 Å². The lowest BCUT2D eigenvalue weighted by atomic mass is 10.1. The predicted octanol–water partition coefficient (Wildman–Crippen LogP) is 1.26. The van der Waals surface area contributed by atoms with Gasteiger partial charge in [0, 0.05) is 6.54 Å². The molecule has 0 spiro atoms. The molecular formula is C9H9F3N2O2. The maximum absolute atomic E-state index is 12.2. The van der Waals surface area contributed by atoms with Crippen LogP contribution in [0.2, 0.25) is 0 Å². The number of carbonyl (C=O) groups excluding carboxylic acids is 1. The topological polar surface area (TPSA) is 54.9 Å². The number of rotatable bonds is 1. The van der Waals surface area contributed by atoms with E-state index in [-0.39, 0.29) is 5.69 Å². The van der Waals surface area contributed by atoms with Crippen LogP contribution in [0, 0.1) is 0 Å². The Bertz CT molecular complexity index is 484. The maximum atomic E-state index is 12.2. The number of H-pyrrole nitrogens is 1. The van der Waals surface area contributed by atoms with Gasteiger partial charge >= 0.3 is 11.9 Å². The van der Waals surface area contributed by atoms with Crippen molar-refractivity contribution in [3.63, 3.8) is 0 Å². The minimum absolute atomic E-state index is 0.179. The largest absolute Gasteiger partial charge is 0.456 e. The first-order valence-corrected chi connectivity index (χ1v) is 4.84. The van der Waals surface area contributed by atoms with E-state index in [1.165, 1.54) is 4.57 Å². The lowest BCUT2D eigenvalue weighted by Gasteiger charge is -2.14. The molecule has 1 aliphatic rings. The quantitative estimate of drug-likeness (QED) is 0.743. The van der Waals surface area contributed by atoms with E-state index in [1.54, 1.807) is 0 Å². The molecule has 7 heteroatoms. The first-order chi connectivity index (χ1) is 7.41. The molecule has 1 aliphatic heterocycles. The minimum Gasteiger partial charge on any atom is -0.303 e. The molecule has 0 unspecified atom stereocenters. The molecule has 0 fully saturated rings. The van der Waals surface area contributed by atoms with Crippen molar-refractivity contribution in [2.45, 2.75) is 32.0 Å². The van der Waals surface area contributed by atoms with Crippen LogP contribution in [0.25, 0.3) is 0 Å². The van der Waals surface area contributed by atoms with Crippen LogP contribution in [0.4, 0.5) is 13.2 Å². The summed E-state index contributed by atoms with van der Waals surface area (Å²) in [5, 5.41) is 0. The van der Waals surface area contributed by atoms with Crippen molar-refractivity contribution < 1.29 is 18.0 Å². The van der Waals surface area contributed by atoms with Crippen molar-refractivity contribution in [3.05, 3.63) is 21.9 Å². The molecule has 16 heavy (non-hydrogen) atoms. The van der Waals surface area contributed by atoms with Gasteiger partial charge in [0.25, 0.3) is 5.78 Å². The monoisotopic (exact) mass is 234 g/mol. The number of aromatic nitrogens is 2. The Morgan fingerprint density at radius 1 is 1.31 bits per heavy atom. The number of hydrogen-bond donors (Lipinski definition) is 1. The van der Waals surface area contributed by atoms with Gasteiger partial charge in [-0.1, -0.05) is 0 Å². The van der Waals surface area contributed by atoms with Gasteiger partial charge in [-0.2, -0.15) is 13.2 Å². The molecule has 4 nitrogen and oxygen atoms in total. The van der Waals surface area contributed by atoms with E-state index in [4.69, 9.17) is 0 Å². The number of imidazole rings is 1. The Labute approximate surface area is 88.1 Å². The van der Waals surface area contributed by atoms with Crippen molar-refractivity contribution in [1.82, 2.24) is 9.55 Å². The summed E-state index contributed by atoms with van der Waals surface area (Å²) in [5.74, 6) is -1.97. The zero-order valence-electron chi connectivity index (χ0n) is 8.23. The molecule has 1 N–H and O–H groups in total. The van der Waals surface area contributed by atoms with Crippen molar-refractivity contribution in [2.24, 2.45) is 0 Å². The minimum atomic E-state index is -4.94. The number of alkyl halides is 3. The molecule has 2 rings (SSSR count). The number of Topliss-reactive ketones (excluding diaryl/α,β-unsaturated/α-hetero) is 1. The lowest BCUT2D eigenvalue weighted by molar-refractivity contribution is -0.0888. The molecule has 0 saturated heterocycles. The fourth-order valence-corrected chi connectivity index (χ4v) is 1.89. The van der Waals surface area contributed by atoms with Crippen molar-refractivity contribution in [1.29, 1.82) is 0 Å². The Kier molecular flexibility index (Phi) is 2.40. The third-order valence-electron chi connectivity index (χ3n) is 2.62. The van der Waals surface area contributed by atoms with Gasteiger partial charge in [-0.3, -0.25) is 9.36 Å². The third-order valence-corrected chi connectivity index (χ3v) is 2.62. The van der Waals surface area contributed by atoms with E-state index in [1.807, 2.05) is 4.98 Å². The standard InChI is InChI=1S/C9H9F3N2O2/c10-9(11,12)7(15)6-5-3-1-2-4-14(5)8(16)13-6/h1-4H2,(H,13,16). The van der Waals surface area contributed by atoms with Gasteiger partial charge in [0.2, 0.25) is 0 Å².